The van der Waals surface area contributed by atoms with E-state index in [1.54, 1.807) is 0 Å². The predicted molar refractivity (Wildman–Crippen MR) is 69.6 cm³/mol. The lowest BCUT2D eigenvalue weighted by Gasteiger charge is -2.25. The summed E-state index contributed by atoms with van der Waals surface area (Å²) in [5.41, 5.74) is 2.53. The first kappa shape index (κ1) is 13.2. The van der Waals surface area contributed by atoms with Crippen molar-refractivity contribution in [1.82, 2.24) is 10.3 Å². The normalized spacial score (nSPS) is 13.1. The maximum atomic E-state index is 4.48. The number of hydrogen-bond acceptors (Lipinski definition) is 2. The van der Waals surface area contributed by atoms with Crippen molar-refractivity contribution in [2.24, 2.45) is 5.92 Å². The molecule has 2 heteroatoms. The molecule has 0 aliphatic heterocycles. The molecule has 16 heavy (non-hydrogen) atoms. The molecule has 1 N–H and O–H groups in total. The third kappa shape index (κ3) is 3.31. The maximum absolute atomic E-state index is 4.48. The van der Waals surface area contributed by atoms with Gasteiger partial charge in [-0.2, -0.15) is 0 Å². The molecule has 0 saturated carbocycles. The first-order valence-electron chi connectivity index (χ1n) is 6.30. The highest BCUT2D eigenvalue weighted by Crippen LogP contribution is 2.17. The monoisotopic (exact) mass is 220 g/mol. The SMILES string of the molecule is CCC(CC)C(Cc1ncccc1C)NC. The molecule has 1 heterocycles. The summed E-state index contributed by atoms with van der Waals surface area (Å²) in [6, 6.07) is 4.69. The highest BCUT2D eigenvalue weighted by molar-refractivity contribution is 5.18. The zero-order valence-corrected chi connectivity index (χ0v) is 11.0. The van der Waals surface area contributed by atoms with Crippen molar-refractivity contribution >= 4 is 0 Å². The first-order valence-corrected chi connectivity index (χ1v) is 6.30. The molecule has 1 atom stereocenters. The molecule has 1 aromatic rings. The van der Waals surface area contributed by atoms with Crippen molar-refractivity contribution in [2.75, 3.05) is 7.05 Å². The van der Waals surface area contributed by atoms with Gasteiger partial charge in [-0.25, -0.2) is 0 Å². The van der Waals surface area contributed by atoms with Gasteiger partial charge in [0.2, 0.25) is 0 Å². The van der Waals surface area contributed by atoms with Crippen LogP contribution in [-0.2, 0) is 6.42 Å². The van der Waals surface area contributed by atoms with Crippen LogP contribution in [0.2, 0.25) is 0 Å². The van der Waals surface area contributed by atoms with Crippen molar-refractivity contribution in [1.29, 1.82) is 0 Å². The van der Waals surface area contributed by atoms with Crippen LogP contribution in [0.25, 0.3) is 0 Å². The molecular formula is C14H24N2. The van der Waals surface area contributed by atoms with E-state index < -0.39 is 0 Å². The Labute approximate surface area is 99.5 Å². The van der Waals surface area contributed by atoms with Crippen LogP contribution in [0.1, 0.15) is 37.9 Å². The Morgan fingerprint density at radius 3 is 2.50 bits per heavy atom. The fraction of sp³-hybridized carbons (Fsp3) is 0.643. The Morgan fingerprint density at radius 2 is 2.00 bits per heavy atom. The summed E-state index contributed by atoms with van der Waals surface area (Å²) in [5, 5.41) is 3.44. The van der Waals surface area contributed by atoms with Crippen LogP contribution in [0.5, 0.6) is 0 Å². The van der Waals surface area contributed by atoms with Gasteiger partial charge in [-0.05, 0) is 31.5 Å². The minimum absolute atomic E-state index is 0.545. The molecule has 0 saturated heterocycles. The highest BCUT2D eigenvalue weighted by Gasteiger charge is 2.18. The van der Waals surface area contributed by atoms with E-state index in [1.807, 2.05) is 12.3 Å². The summed E-state index contributed by atoms with van der Waals surface area (Å²) in [4.78, 5) is 4.48. The summed E-state index contributed by atoms with van der Waals surface area (Å²) >= 11 is 0. The fourth-order valence-corrected chi connectivity index (χ4v) is 2.30. The van der Waals surface area contributed by atoms with Crippen LogP contribution in [0, 0.1) is 12.8 Å². The summed E-state index contributed by atoms with van der Waals surface area (Å²) in [7, 11) is 2.06. The predicted octanol–water partition coefficient (Wildman–Crippen LogP) is 2.96. The van der Waals surface area contributed by atoms with E-state index in [4.69, 9.17) is 0 Å². The van der Waals surface area contributed by atoms with Crippen molar-refractivity contribution in [3.05, 3.63) is 29.6 Å². The Bertz CT molecular complexity index is 305. The van der Waals surface area contributed by atoms with Crippen LogP contribution < -0.4 is 5.32 Å². The largest absolute Gasteiger partial charge is 0.316 e. The van der Waals surface area contributed by atoms with E-state index in [1.165, 1.54) is 24.1 Å². The quantitative estimate of drug-likeness (QED) is 0.797. The average Bonchev–Trinajstić information content (AvgIpc) is 2.31. The molecule has 0 aliphatic rings. The van der Waals surface area contributed by atoms with Crippen LogP contribution in [0.15, 0.2) is 18.3 Å². The van der Waals surface area contributed by atoms with Gasteiger partial charge in [-0.15, -0.1) is 0 Å². The van der Waals surface area contributed by atoms with E-state index >= 15 is 0 Å². The third-order valence-corrected chi connectivity index (χ3v) is 3.52. The van der Waals surface area contributed by atoms with Crippen molar-refractivity contribution < 1.29 is 0 Å². The standard InChI is InChI=1S/C14H24N2/c1-5-12(6-2)14(15-4)10-13-11(3)8-7-9-16-13/h7-9,12,14-15H,5-6,10H2,1-4H3. The Balaban J connectivity index is 2.73. The molecule has 0 aromatic carbocycles. The van der Waals surface area contributed by atoms with Crippen molar-refractivity contribution in [2.45, 2.75) is 46.1 Å². The van der Waals surface area contributed by atoms with Gasteiger partial charge in [0, 0.05) is 24.4 Å². The minimum Gasteiger partial charge on any atom is -0.316 e. The van der Waals surface area contributed by atoms with Gasteiger partial charge in [-0.3, -0.25) is 4.98 Å². The second-order valence-corrected chi connectivity index (χ2v) is 4.44. The van der Waals surface area contributed by atoms with Gasteiger partial charge in [0.05, 0.1) is 0 Å². The molecule has 2 nitrogen and oxygen atoms in total. The molecular weight excluding hydrogens is 196 g/mol. The Kier molecular flexibility index (Phi) is 5.47. The van der Waals surface area contributed by atoms with Gasteiger partial charge in [0.1, 0.15) is 0 Å². The van der Waals surface area contributed by atoms with Crippen LogP contribution in [0.3, 0.4) is 0 Å². The zero-order chi connectivity index (χ0) is 12.0. The van der Waals surface area contributed by atoms with Gasteiger partial charge in [-0.1, -0.05) is 32.8 Å². The molecule has 0 amide bonds. The van der Waals surface area contributed by atoms with E-state index in [2.05, 4.69) is 44.2 Å². The maximum Gasteiger partial charge on any atom is 0.0448 e. The smallest absolute Gasteiger partial charge is 0.0448 e. The summed E-state index contributed by atoms with van der Waals surface area (Å²) in [6.45, 7) is 6.68. The van der Waals surface area contributed by atoms with Crippen molar-refractivity contribution in [3.63, 3.8) is 0 Å². The van der Waals surface area contributed by atoms with Gasteiger partial charge in [0.15, 0.2) is 0 Å². The van der Waals surface area contributed by atoms with Crippen LogP contribution in [0.4, 0.5) is 0 Å². The number of likely N-dealkylation sites (N-methyl/N-ethyl adjacent to an activating group) is 1. The van der Waals surface area contributed by atoms with E-state index in [9.17, 15) is 0 Å². The van der Waals surface area contributed by atoms with E-state index in [0.717, 1.165) is 12.3 Å². The molecule has 0 radical (unpaired) electrons. The number of nitrogens with one attached hydrogen (secondary N) is 1. The Hall–Kier alpha value is -0.890. The summed E-state index contributed by atoms with van der Waals surface area (Å²) in [5.74, 6) is 0.742. The lowest BCUT2D eigenvalue weighted by molar-refractivity contribution is 0.347. The number of nitrogens with zero attached hydrogens (tertiary/aromatic N) is 1. The molecule has 0 aliphatic carbocycles. The number of hydrogen-bond donors (Lipinski definition) is 1. The third-order valence-electron chi connectivity index (χ3n) is 3.52. The number of pyridine rings is 1. The van der Waals surface area contributed by atoms with Gasteiger partial charge >= 0.3 is 0 Å². The molecule has 0 fully saturated rings. The average molecular weight is 220 g/mol. The minimum atomic E-state index is 0.545. The lowest BCUT2D eigenvalue weighted by atomic mass is 9.90. The first-order chi connectivity index (χ1) is 7.72. The summed E-state index contributed by atoms with van der Waals surface area (Å²) < 4.78 is 0. The number of aromatic nitrogens is 1. The topological polar surface area (TPSA) is 24.9 Å². The Morgan fingerprint density at radius 1 is 1.31 bits per heavy atom. The zero-order valence-electron chi connectivity index (χ0n) is 11.0. The molecule has 0 spiro atoms. The van der Waals surface area contributed by atoms with Crippen LogP contribution >= 0.6 is 0 Å². The van der Waals surface area contributed by atoms with Gasteiger partial charge < -0.3 is 5.32 Å². The fourth-order valence-electron chi connectivity index (χ4n) is 2.30. The van der Waals surface area contributed by atoms with E-state index in [-0.39, 0.29) is 0 Å². The second kappa shape index (κ2) is 6.64. The van der Waals surface area contributed by atoms with Crippen LogP contribution in [-0.4, -0.2) is 18.1 Å². The van der Waals surface area contributed by atoms with Gasteiger partial charge in [0.25, 0.3) is 0 Å². The molecule has 90 valence electrons. The second-order valence-electron chi connectivity index (χ2n) is 4.44. The van der Waals surface area contributed by atoms with Crippen molar-refractivity contribution in [3.8, 4) is 0 Å². The summed E-state index contributed by atoms with van der Waals surface area (Å²) in [6.07, 6.45) is 5.39. The number of rotatable bonds is 6. The molecule has 1 rings (SSSR count). The highest BCUT2D eigenvalue weighted by atomic mass is 14.9. The molecule has 1 unspecified atom stereocenters. The molecule has 1 aromatic heterocycles. The van der Waals surface area contributed by atoms with E-state index in [0.29, 0.717) is 6.04 Å². The number of aryl methyl sites for hydroxylation is 1. The molecule has 0 bridgehead atoms. The lowest BCUT2D eigenvalue weighted by Crippen LogP contribution is -2.35.